The number of hydrogen-bond donors (Lipinski definition) is 1. The van der Waals surface area contributed by atoms with Crippen molar-refractivity contribution in [1.82, 2.24) is 10.3 Å². The molecule has 3 aromatic rings. The van der Waals surface area contributed by atoms with Crippen molar-refractivity contribution in [3.05, 3.63) is 94.5 Å². The van der Waals surface area contributed by atoms with Crippen LogP contribution in [-0.4, -0.2) is 24.0 Å². The van der Waals surface area contributed by atoms with Crippen LogP contribution in [0, 0.1) is 11.3 Å². The Morgan fingerprint density at radius 2 is 1.97 bits per heavy atom. The minimum atomic E-state index is -0.253. The molecule has 5 heteroatoms. The molecule has 0 saturated carbocycles. The second-order valence-corrected chi connectivity index (χ2v) is 7.88. The van der Waals surface area contributed by atoms with Crippen LogP contribution >= 0.6 is 0 Å². The zero-order valence-electron chi connectivity index (χ0n) is 20.5. The minimum Gasteiger partial charge on any atom is -0.493 e. The summed E-state index contributed by atoms with van der Waals surface area (Å²) >= 11 is 0. The molecule has 2 heterocycles. The number of hydrogen-bond acceptors (Lipinski definition) is 4. The molecular formula is C30H31N3O2. The highest BCUT2D eigenvalue weighted by Crippen LogP contribution is 2.33. The largest absolute Gasteiger partial charge is 0.493 e. The van der Waals surface area contributed by atoms with Crippen LogP contribution in [0.25, 0.3) is 23.4 Å². The number of benzene rings is 2. The molecule has 0 fully saturated rings. The topological polar surface area (TPSA) is 75.0 Å². The van der Waals surface area contributed by atoms with E-state index in [0.717, 1.165) is 33.0 Å². The van der Waals surface area contributed by atoms with Crippen molar-refractivity contribution < 1.29 is 9.53 Å². The first-order valence-corrected chi connectivity index (χ1v) is 11.9. The molecule has 5 nitrogen and oxygen atoms in total. The van der Waals surface area contributed by atoms with Gasteiger partial charge in [-0.1, -0.05) is 62.9 Å². The van der Waals surface area contributed by atoms with Gasteiger partial charge in [0.05, 0.1) is 29.6 Å². The number of ether oxygens (including phenoxy) is 1. The zero-order chi connectivity index (χ0) is 25.2. The van der Waals surface area contributed by atoms with Crippen molar-refractivity contribution in [3.8, 4) is 23.1 Å². The maximum Gasteiger partial charge on any atom is 0.251 e. The fourth-order valence-corrected chi connectivity index (χ4v) is 3.83. The van der Waals surface area contributed by atoms with Crippen molar-refractivity contribution in [3.63, 3.8) is 0 Å². The molecule has 1 aromatic heterocycles. The standard InChI is InChI=1S/C28H25N3O2.C2H6/c1-3-20-9-11-25(21-7-5-4-6-8-21)31-26(20)15-19(2)18-30-28(32)22-10-12-27-24(16-22)23(17-29)13-14-33-27;1-2/h3-12,15-16,23H,2,13-14,18H2,1H3,(H,30,32);1-2H3/b20-3-,26-15+;/t23-;/m0./s1. The number of nitriles is 1. The van der Waals surface area contributed by atoms with Gasteiger partial charge in [-0.3, -0.25) is 4.79 Å². The van der Waals surface area contributed by atoms with Crippen molar-refractivity contribution in [2.75, 3.05) is 13.2 Å². The number of carbonyl (C=O) groups excluding carboxylic acids is 1. The van der Waals surface area contributed by atoms with Gasteiger partial charge in [0.1, 0.15) is 5.75 Å². The van der Waals surface area contributed by atoms with Gasteiger partial charge in [0.15, 0.2) is 0 Å². The summed E-state index contributed by atoms with van der Waals surface area (Å²) in [6.07, 6.45) is 4.53. The highest BCUT2D eigenvalue weighted by Gasteiger charge is 2.22. The van der Waals surface area contributed by atoms with E-state index >= 15 is 0 Å². The average Bonchev–Trinajstić information content (AvgIpc) is 2.92. The molecule has 1 N–H and O–H groups in total. The third-order valence-electron chi connectivity index (χ3n) is 5.62. The van der Waals surface area contributed by atoms with Crippen LogP contribution in [0.15, 0.2) is 72.8 Å². The molecule has 0 spiro atoms. The second kappa shape index (κ2) is 12.3. The van der Waals surface area contributed by atoms with Crippen molar-refractivity contribution in [1.29, 1.82) is 5.26 Å². The van der Waals surface area contributed by atoms with Crippen LogP contribution in [0.5, 0.6) is 5.75 Å². The molecule has 35 heavy (non-hydrogen) atoms. The predicted octanol–water partition coefficient (Wildman–Crippen LogP) is 4.73. The Labute approximate surface area is 207 Å². The summed E-state index contributed by atoms with van der Waals surface area (Å²) in [4.78, 5) is 17.5. The van der Waals surface area contributed by atoms with E-state index in [1.807, 2.05) is 75.4 Å². The van der Waals surface area contributed by atoms with Gasteiger partial charge in [0, 0.05) is 29.7 Å². The lowest BCUT2D eigenvalue weighted by molar-refractivity contribution is 0.0957. The number of amides is 1. The van der Waals surface area contributed by atoms with Crippen LogP contribution in [0.3, 0.4) is 0 Å². The maximum absolute atomic E-state index is 12.7. The molecule has 0 aliphatic carbocycles. The summed E-state index contributed by atoms with van der Waals surface area (Å²) < 4.78 is 5.61. The van der Waals surface area contributed by atoms with Gasteiger partial charge in [-0.25, -0.2) is 4.98 Å². The molecule has 0 radical (unpaired) electrons. The van der Waals surface area contributed by atoms with Crippen LogP contribution in [0.4, 0.5) is 0 Å². The number of nitrogens with zero attached hydrogens (tertiary/aromatic N) is 2. The Morgan fingerprint density at radius 1 is 1.20 bits per heavy atom. The van der Waals surface area contributed by atoms with Crippen LogP contribution in [-0.2, 0) is 0 Å². The van der Waals surface area contributed by atoms with Crippen molar-refractivity contribution in [2.24, 2.45) is 0 Å². The lowest BCUT2D eigenvalue weighted by Gasteiger charge is -2.21. The lowest BCUT2D eigenvalue weighted by atomic mass is 9.93. The molecule has 178 valence electrons. The van der Waals surface area contributed by atoms with E-state index in [1.54, 1.807) is 18.2 Å². The van der Waals surface area contributed by atoms with Gasteiger partial charge >= 0.3 is 0 Å². The maximum atomic E-state index is 12.7. The summed E-state index contributed by atoms with van der Waals surface area (Å²) in [5, 5.41) is 14.1. The number of fused-ring (bicyclic) bond motifs is 1. The summed E-state index contributed by atoms with van der Waals surface area (Å²) in [5.41, 5.74) is 3.93. The molecule has 2 aromatic carbocycles. The molecule has 4 rings (SSSR count). The summed E-state index contributed by atoms with van der Waals surface area (Å²) in [6, 6.07) is 21.6. The normalized spacial score (nSPS) is 15.1. The zero-order valence-corrected chi connectivity index (χ0v) is 20.5. The smallest absolute Gasteiger partial charge is 0.251 e. The van der Waals surface area contributed by atoms with Gasteiger partial charge in [0.2, 0.25) is 0 Å². The molecule has 0 unspecified atom stereocenters. The first-order chi connectivity index (χ1) is 17.1. The van der Waals surface area contributed by atoms with E-state index in [1.165, 1.54) is 0 Å². The third kappa shape index (κ3) is 6.24. The SMILES string of the molecule is C=C(/C=c1/nc(-c2ccccc2)cc/c1=C/C)CNC(=O)c1ccc2c(c1)[C@H](C#N)CCO2.CC. The van der Waals surface area contributed by atoms with Gasteiger partial charge in [0.25, 0.3) is 5.91 Å². The van der Waals surface area contributed by atoms with Crippen LogP contribution in [0.1, 0.15) is 49.0 Å². The van der Waals surface area contributed by atoms with E-state index in [2.05, 4.69) is 18.0 Å². The van der Waals surface area contributed by atoms with Gasteiger partial charge in [-0.2, -0.15) is 5.26 Å². The van der Waals surface area contributed by atoms with Gasteiger partial charge in [-0.05, 0) is 48.1 Å². The van der Waals surface area contributed by atoms with E-state index in [-0.39, 0.29) is 18.4 Å². The Balaban J connectivity index is 0.00000167. The summed E-state index contributed by atoms with van der Waals surface area (Å²) in [6.45, 7) is 10.9. The fraction of sp³-hybridized carbons (Fsp3) is 0.233. The molecule has 1 amide bonds. The van der Waals surface area contributed by atoms with Crippen LogP contribution in [0.2, 0.25) is 0 Å². The quantitative estimate of drug-likeness (QED) is 0.591. The number of aromatic nitrogens is 1. The molecule has 1 atom stereocenters. The van der Waals surface area contributed by atoms with E-state index in [0.29, 0.717) is 24.3 Å². The monoisotopic (exact) mass is 465 g/mol. The number of rotatable bonds is 5. The Kier molecular flexibility index (Phi) is 8.97. The minimum absolute atomic E-state index is 0.220. The molecule has 1 aliphatic rings. The van der Waals surface area contributed by atoms with E-state index < -0.39 is 0 Å². The van der Waals surface area contributed by atoms with Crippen LogP contribution < -0.4 is 20.6 Å². The summed E-state index contributed by atoms with van der Waals surface area (Å²) in [7, 11) is 0. The number of nitrogens with one attached hydrogen (secondary N) is 1. The van der Waals surface area contributed by atoms with E-state index in [4.69, 9.17) is 9.72 Å². The Hall–Kier alpha value is -4.17. The number of pyridine rings is 1. The summed E-state index contributed by atoms with van der Waals surface area (Å²) in [5.74, 6) is 0.203. The molecule has 1 aliphatic heterocycles. The van der Waals surface area contributed by atoms with Gasteiger partial charge in [-0.15, -0.1) is 0 Å². The third-order valence-corrected chi connectivity index (χ3v) is 5.62. The van der Waals surface area contributed by atoms with Crippen molar-refractivity contribution in [2.45, 2.75) is 33.1 Å². The lowest BCUT2D eigenvalue weighted by Crippen LogP contribution is -2.30. The Morgan fingerprint density at radius 3 is 2.69 bits per heavy atom. The van der Waals surface area contributed by atoms with Gasteiger partial charge < -0.3 is 10.1 Å². The first kappa shape index (κ1) is 25.5. The molecule has 0 saturated heterocycles. The highest BCUT2D eigenvalue weighted by molar-refractivity contribution is 5.95. The molecule has 0 bridgehead atoms. The van der Waals surface area contributed by atoms with E-state index in [9.17, 15) is 10.1 Å². The molecular weight excluding hydrogens is 434 g/mol. The number of carbonyl (C=O) groups is 1. The highest BCUT2D eigenvalue weighted by atomic mass is 16.5. The second-order valence-electron chi connectivity index (χ2n) is 7.88. The van der Waals surface area contributed by atoms with Crippen molar-refractivity contribution >= 4 is 18.1 Å². The first-order valence-electron chi connectivity index (χ1n) is 11.9. The average molecular weight is 466 g/mol. The Bertz CT molecular complexity index is 1350. The fourth-order valence-electron chi connectivity index (χ4n) is 3.83. The predicted molar refractivity (Wildman–Crippen MR) is 141 cm³/mol.